The molecule has 1 N–H and O–H groups in total. The van der Waals surface area contributed by atoms with Gasteiger partial charge in [0.15, 0.2) is 0 Å². The van der Waals surface area contributed by atoms with E-state index in [1.54, 1.807) is 0 Å². The summed E-state index contributed by atoms with van der Waals surface area (Å²) >= 11 is 0. The van der Waals surface area contributed by atoms with Crippen LogP contribution in [0.5, 0.6) is 0 Å². The lowest BCUT2D eigenvalue weighted by Crippen LogP contribution is -2.45. The fourth-order valence-corrected chi connectivity index (χ4v) is 4.07. The lowest BCUT2D eigenvalue weighted by Gasteiger charge is -2.40. The second kappa shape index (κ2) is 5.30. The molecule has 3 unspecified atom stereocenters. The lowest BCUT2D eigenvalue weighted by atomic mass is 9.70. The molecule has 2 aliphatic rings. The quantitative estimate of drug-likeness (QED) is 0.754. The molecule has 0 aromatic rings. The van der Waals surface area contributed by atoms with Gasteiger partial charge >= 0.3 is 0 Å². The van der Waals surface area contributed by atoms with Gasteiger partial charge in [0.2, 0.25) is 0 Å². The summed E-state index contributed by atoms with van der Waals surface area (Å²) in [6, 6.07) is 0.799. The van der Waals surface area contributed by atoms with Crippen LogP contribution in [0.15, 0.2) is 0 Å². The molecule has 0 bridgehead atoms. The second-order valence-corrected chi connectivity index (χ2v) is 7.26. The van der Waals surface area contributed by atoms with Crippen LogP contribution in [0.4, 0.5) is 0 Å². The fourth-order valence-electron chi connectivity index (χ4n) is 4.07. The monoisotopic (exact) mass is 237 g/mol. The minimum absolute atomic E-state index is 0.636. The molecule has 0 aromatic heterocycles. The number of rotatable bonds is 5. The first-order chi connectivity index (χ1) is 8.05. The maximum absolute atomic E-state index is 3.88. The van der Waals surface area contributed by atoms with Crippen molar-refractivity contribution in [3.8, 4) is 0 Å². The van der Waals surface area contributed by atoms with Crippen molar-refractivity contribution >= 4 is 0 Å². The van der Waals surface area contributed by atoms with Gasteiger partial charge in [-0.1, -0.05) is 27.7 Å². The van der Waals surface area contributed by atoms with E-state index in [9.17, 15) is 0 Å². The third-order valence-corrected chi connectivity index (χ3v) is 5.09. The molecular formula is C16H31N. The Balaban J connectivity index is 1.99. The smallest absolute Gasteiger partial charge is 0.0149 e. The molecule has 0 spiro atoms. The van der Waals surface area contributed by atoms with Crippen molar-refractivity contribution in [2.24, 2.45) is 23.2 Å². The van der Waals surface area contributed by atoms with Gasteiger partial charge in [0.05, 0.1) is 0 Å². The highest BCUT2D eigenvalue weighted by molar-refractivity contribution is 5.02. The molecule has 2 rings (SSSR count). The van der Waals surface area contributed by atoms with Crippen molar-refractivity contribution in [2.45, 2.75) is 72.3 Å². The van der Waals surface area contributed by atoms with Crippen molar-refractivity contribution in [1.29, 1.82) is 0 Å². The first-order valence-electron chi connectivity index (χ1n) is 7.78. The van der Waals surface area contributed by atoms with E-state index in [1.807, 2.05) is 0 Å². The maximum atomic E-state index is 3.88. The first-order valence-corrected chi connectivity index (χ1v) is 7.78. The summed E-state index contributed by atoms with van der Waals surface area (Å²) in [5.41, 5.74) is 0.636. The van der Waals surface area contributed by atoms with E-state index in [-0.39, 0.29) is 0 Å². The molecule has 100 valence electrons. The van der Waals surface area contributed by atoms with Crippen LogP contribution in [-0.4, -0.2) is 12.6 Å². The van der Waals surface area contributed by atoms with Crippen LogP contribution >= 0.6 is 0 Å². The number of hydrogen-bond donors (Lipinski definition) is 1. The molecular weight excluding hydrogens is 206 g/mol. The van der Waals surface area contributed by atoms with E-state index in [0.29, 0.717) is 5.41 Å². The van der Waals surface area contributed by atoms with E-state index in [4.69, 9.17) is 0 Å². The van der Waals surface area contributed by atoms with Gasteiger partial charge in [-0.2, -0.15) is 0 Å². The summed E-state index contributed by atoms with van der Waals surface area (Å²) in [6.07, 6.45) is 8.54. The van der Waals surface area contributed by atoms with Crippen molar-refractivity contribution in [2.75, 3.05) is 6.54 Å². The van der Waals surface area contributed by atoms with Crippen molar-refractivity contribution in [3.05, 3.63) is 0 Å². The highest BCUT2D eigenvalue weighted by atomic mass is 15.0. The van der Waals surface area contributed by atoms with Crippen molar-refractivity contribution in [1.82, 2.24) is 5.32 Å². The second-order valence-electron chi connectivity index (χ2n) is 7.26. The zero-order valence-corrected chi connectivity index (χ0v) is 12.3. The Labute approximate surface area is 108 Å². The topological polar surface area (TPSA) is 12.0 Å². The lowest BCUT2D eigenvalue weighted by molar-refractivity contribution is 0.140. The Bertz CT molecular complexity index is 234. The molecule has 0 aliphatic heterocycles. The third-order valence-electron chi connectivity index (χ3n) is 5.09. The van der Waals surface area contributed by atoms with Crippen LogP contribution in [0.2, 0.25) is 0 Å². The fraction of sp³-hybridized carbons (Fsp3) is 1.00. The average molecular weight is 237 g/mol. The molecule has 17 heavy (non-hydrogen) atoms. The molecule has 1 heteroatoms. The predicted molar refractivity (Wildman–Crippen MR) is 75.1 cm³/mol. The standard InChI is InChI=1S/C16H31N/c1-5-8-17-15(16(4)6-7-16)14-10-12(2)9-13(3)11-14/h12-15,17H,5-11H2,1-4H3. The van der Waals surface area contributed by atoms with E-state index < -0.39 is 0 Å². The van der Waals surface area contributed by atoms with E-state index in [0.717, 1.165) is 23.8 Å². The Kier molecular flexibility index (Phi) is 4.18. The highest BCUT2D eigenvalue weighted by Gasteiger charge is 2.48. The Morgan fingerprint density at radius 1 is 1.12 bits per heavy atom. The highest BCUT2D eigenvalue weighted by Crippen LogP contribution is 2.53. The average Bonchev–Trinajstić information content (AvgIpc) is 2.96. The number of nitrogens with one attached hydrogen (secondary N) is 1. The summed E-state index contributed by atoms with van der Waals surface area (Å²) in [5.74, 6) is 2.82. The van der Waals surface area contributed by atoms with Gasteiger partial charge in [-0.15, -0.1) is 0 Å². The summed E-state index contributed by atoms with van der Waals surface area (Å²) in [6.45, 7) is 10.9. The normalized spacial score (nSPS) is 37.8. The van der Waals surface area contributed by atoms with Crippen molar-refractivity contribution < 1.29 is 0 Å². The zero-order chi connectivity index (χ0) is 12.5. The molecule has 0 aromatic carbocycles. The molecule has 1 nitrogen and oxygen atoms in total. The SMILES string of the molecule is CCCNC(C1CC(C)CC(C)C1)C1(C)CC1. The first kappa shape index (κ1) is 13.4. The van der Waals surface area contributed by atoms with E-state index >= 15 is 0 Å². The number of hydrogen-bond acceptors (Lipinski definition) is 1. The molecule has 3 atom stereocenters. The van der Waals surface area contributed by atoms with Crippen molar-refractivity contribution in [3.63, 3.8) is 0 Å². The van der Waals surface area contributed by atoms with Gasteiger partial charge in [0.25, 0.3) is 0 Å². The van der Waals surface area contributed by atoms with Gasteiger partial charge in [-0.25, -0.2) is 0 Å². The summed E-state index contributed by atoms with van der Waals surface area (Å²) in [7, 11) is 0. The van der Waals surface area contributed by atoms with Gasteiger partial charge in [0, 0.05) is 6.04 Å². The Hall–Kier alpha value is -0.0400. The Morgan fingerprint density at radius 3 is 2.18 bits per heavy atom. The molecule has 0 heterocycles. The summed E-state index contributed by atoms with van der Waals surface area (Å²) < 4.78 is 0. The van der Waals surface area contributed by atoms with Crippen LogP contribution in [0.1, 0.15) is 66.2 Å². The van der Waals surface area contributed by atoms with Gasteiger partial charge in [-0.05, 0) is 68.2 Å². The molecule has 2 aliphatic carbocycles. The predicted octanol–water partition coefficient (Wildman–Crippen LogP) is 4.23. The molecule has 2 saturated carbocycles. The molecule has 0 saturated heterocycles. The minimum Gasteiger partial charge on any atom is -0.313 e. The summed E-state index contributed by atoms with van der Waals surface area (Å²) in [4.78, 5) is 0. The third kappa shape index (κ3) is 3.24. The Morgan fingerprint density at radius 2 is 1.71 bits per heavy atom. The zero-order valence-electron chi connectivity index (χ0n) is 12.3. The van der Waals surface area contributed by atoms with Gasteiger partial charge in [0.1, 0.15) is 0 Å². The van der Waals surface area contributed by atoms with Crippen LogP contribution in [-0.2, 0) is 0 Å². The van der Waals surface area contributed by atoms with Crippen LogP contribution in [0, 0.1) is 23.2 Å². The van der Waals surface area contributed by atoms with Gasteiger partial charge < -0.3 is 5.32 Å². The molecule has 2 fully saturated rings. The van der Waals surface area contributed by atoms with Crippen LogP contribution in [0.25, 0.3) is 0 Å². The molecule has 0 amide bonds. The van der Waals surface area contributed by atoms with Gasteiger partial charge in [-0.3, -0.25) is 0 Å². The van der Waals surface area contributed by atoms with E-state index in [2.05, 4.69) is 33.0 Å². The largest absolute Gasteiger partial charge is 0.313 e. The minimum atomic E-state index is 0.636. The maximum Gasteiger partial charge on any atom is 0.0149 e. The molecule has 0 radical (unpaired) electrons. The van der Waals surface area contributed by atoms with E-state index in [1.165, 1.54) is 45.1 Å². The van der Waals surface area contributed by atoms with Crippen LogP contribution < -0.4 is 5.32 Å². The summed E-state index contributed by atoms with van der Waals surface area (Å²) in [5, 5.41) is 3.88. The van der Waals surface area contributed by atoms with Crippen LogP contribution in [0.3, 0.4) is 0 Å².